The van der Waals surface area contributed by atoms with E-state index in [2.05, 4.69) is 22.2 Å². The molecule has 0 saturated heterocycles. The minimum Gasteiger partial charge on any atom is -0.347 e. The molecule has 1 aliphatic rings. The number of rotatable bonds is 5. The van der Waals surface area contributed by atoms with Gasteiger partial charge in [0, 0.05) is 26.9 Å². The average Bonchev–Trinajstić information content (AvgIpc) is 3.33. The molecule has 1 aliphatic heterocycles. The number of benzene rings is 2. The van der Waals surface area contributed by atoms with Crippen LogP contribution >= 0.6 is 22.9 Å². The van der Waals surface area contributed by atoms with Gasteiger partial charge in [0.2, 0.25) is 5.91 Å². The third kappa shape index (κ3) is 4.22. The number of nitrogens with zero attached hydrogens (tertiary/aromatic N) is 4. The van der Waals surface area contributed by atoms with Crippen LogP contribution in [0.15, 0.2) is 59.7 Å². The molecule has 2 aromatic carbocycles. The molecule has 1 atom stereocenters. The third-order valence-electron chi connectivity index (χ3n) is 4.90. The van der Waals surface area contributed by atoms with E-state index in [1.54, 1.807) is 12.1 Å². The van der Waals surface area contributed by atoms with Gasteiger partial charge >= 0.3 is 0 Å². The third-order valence-corrected chi connectivity index (χ3v) is 6.57. The fraction of sp³-hybridized carbons (Fsp3) is 0.227. The molecule has 0 radical (unpaired) electrons. The van der Waals surface area contributed by atoms with Crippen molar-refractivity contribution in [2.45, 2.75) is 25.9 Å². The second-order valence-electron chi connectivity index (χ2n) is 7.13. The molecule has 3 aromatic rings. The summed E-state index contributed by atoms with van der Waals surface area (Å²) in [5.74, 6) is -0.491. The Hall–Kier alpha value is -2.77. The Balaban J connectivity index is 1.58. The minimum atomic E-state index is -0.327. The van der Waals surface area contributed by atoms with Crippen molar-refractivity contribution in [3.63, 3.8) is 0 Å². The summed E-state index contributed by atoms with van der Waals surface area (Å²) in [5.41, 5.74) is 2.67. The van der Waals surface area contributed by atoms with E-state index in [1.807, 2.05) is 30.1 Å². The average molecular weight is 443 g/mol. The summed E-state index contributed by atoms with van der Waals surface area (Å²) in [6.45, 7) is 2.17. The van der Waals surface area contributed by atoms with E-state index < -0.39 is 0 Å². The van der Waals surface area contributed by atoms with Crippen molar-refractivity contribution in [3.8, 4) is 0 Å². The molecule has 4 rings (SSSR count). The maximum Gasteiger partial charge on any atom is 0.240 e. The molecule has 154 valence electrons. The van der Waals surface area contributed by atoms with Crippen LogP contribution < -0.4 is 4.90 Å². The van der Waals surface area contributed by atoms with Crippen molar-refractivity contribution in [1.82, 2.24) is 9.99 Å². The molecule has 0 spiro atoms. The number of amides is 1. The molecular weight excluding hydrogens is 423 g/mol. The predicted octanol–water partition coefficient (Wildman–Crippen LogP) is 5.27. The molecular formula is C22H20ClFN4OS. The van der Waals surface area contributed by atoms with Crippen molar-refractivity contribution < 1.29 is 9.18 Å². The van der Waals surface area contributed by atoms with Crippen LogP contribution in [-0.4, -0.2) is 28.7 Å². The lowest BCUT2D eigenvalue weighted by atomic mass is 10.0. The van der Waals surface area contributed by atoms with E-state index >= 15 is 0 Å². The summed E-state index contributed by atoms with van der Waals surface area (Å²) >= 11 is 7.95. The summed E-state index contributed by atoms with van der Waals surface area (Å²) in [5, 5.41) is 7.09. The van der Waals surface area contributed by atoms with Gasteiger partial charge in [-0.25, -0.2) is 14.4 Å². The molecule has 0 bridgehead atoms. The lowest BCUT2D eigenvalue weighted by molar-refractivity contribution is -0.130. The number of thiazole rings is 1. The predicted molar refractivity (Wildman–Crippen MR) is 118 cm³/mol. The van der Waals surface area contributed by atoms with Crippen LogP contribution in [0.4, 0.5) is 9.52 Å². The van der Waals surface area contributed by atoms with Gasteiger partial charge in [-0.2, -0.15) is 5.10 Å². The number of anilines is 1. The zero-order chi connectivity index (χ0) is 21.3. The minimum absolute atomic E-state index is 0.180. The van der Waals surface area contributed by atoms with Gasteiger partial charge in [-0.3, -0.25) is 4.79 Å². The van der Waals surface area contributed by atoms with Gasteiger partial charge in [-0.1, -0.05) is 65.4 Å². The van der Waals surface area contributed by atoms with Crippen LogP contribution in [0.25, 0.3) is 0 Å². The van der Waals surface area contributed by atoms with Crippen molar-refractivity contribution >= 4 is 39.7 Å². The summed E-state index contributed by atoms with van der Waals surface area (Å²) < 4.78 is 13.3. The molecule has 8 heteroatoms. The first-order chi connectivity index (χ1) is 14.4. The maximum absolute atomic E-state index is 13.3. The molecule has 0 N–H and O–H groups in total. The highest BCUT2D eigenvalue weighted by Crippen LogP contribution is 2.41. The highest BCUT2D eigenvalue weighted by atomic mass is 35.5. The Morgan fingerprint density at radius 1 is 1.23 bits per heavy atom. The number of hydrogen-bond donors (Lipinski definition) is 0. The fourth-order valence-electron chi connectivity index (χ4n) is 3.42. The first-order valence-electron chi connectivity index (χ1n) is 9.47. The van der Waals surface area contributed by atoms with Gasteiger partial charge in [0.05, 0.1) is 16.6 Å². The van der Waals surface area contributed by atoms with Crippen molar-refractivity contribution in [3.05, 3.63) is 81.6 Å². The molecule has 5 nitrogen and oxygen atoms in total. The Morgan fingerprint density at radius 3 is 2.60 bits per heavy atom. The van der Waals surface area contributed by atoms with Gasteiger partial charge in [0.25, 0.3) is 0 Å². The number of hydrogen-bond acceptors (Lipinski definition) is 5. The van der Waals surface area contributed by atoms with Crippen LogP contribution in [0.1, 0.15) is 35.4 Å². The van der Waals surface area contributed by atoms with Crippen molar-refractivity contribution in [2.75, 3.05) is 11.9 Å². The topological polar surface area (TPSA) is 48.8 Å². The summed E-state index contributed by atoms with van der Waals surface area (Å²) in [6.07, 6.45) is 0.495. The zero-order valence-corrected chi connectivity index (χ0v) is 18.1. The monoisotopic (exact) mass is 442 g/mol. The second-order valence-corrected chi connectivity index (χ2v) is 8.50. The lowest BCUT2D eigenvalue weighted by Crippen LogP contribution is -2.23. The largest absolute Gasteiger partial charge is 0.347 e. The molecule has 1 aromatic heterocycles. The SMILES string of the molecule is CC(=O)N1N=C(c2ccc(F)cc2)CC1c1sc(N(C)Cc2ccccc2)nc1Cl. The Kier molecular flexibility index (Phi) is 5.83. The molecule has 30 heavy (non-hydrogen) atoms. The van der Waals surface area contributed by atoms with Crippen molar-refractivity contribution in [2.24, 2.45) is 5.10 Å². The highest BCUT2D eigenvalue weighted by molar-refractivity contribution is 7.16. The van der Waals surface area contributed by atoms with Gasteiger partial charge in [0.1, 0.15) is 11.0 Å². The van der Waals surface area contributed by atoms with Gasteiger partial charge in [-0.15, -0.1) is 0 Å². The summed E-state index contributed by atoms with van der Waals surface area (Å²) in [6, 6.07) is 15.9. The Morgan fingerprint density at radius 2 is 1.93 bits per heavy atom. The zero-order valence-electron chi connectivity index (χ0n) is 16.5. The van der Waals surface area contributed by atoms with E-state index in [1.165, 1.54) is 41.0 Å². The molecule has 0 fully saturated rings. The van der Waals surface area contributed by atoms with E-state index in [0.29, 0.717) is 18.1 Å². The maximum atomic E-state index is 13.3. The summed E-state index contributed by atoms with van der Waals surface area (Å²) in [7, 11) is 1.96. The smallest absolute Gasteiger partial charge is 0.240 e. The number of aromatic nitrogens is 1. The summed E-state index contributed by atoms with van der Waals surface area (Å²) in [4.78, 5) is 19.6. The van der Waals surface area contributed by atoms with Crippen LogP contribution in [0, 0.1) is 5.82 Å². The van der Waals surface area contributed by atoms with Crippen LogP contribution in [-0.2, 0) is 11.3 Å². The van der Waals surface area contributed by atoms with E-state index in [9.17, 15) is 9.18 Å². The Labute approximate surface area is 183 Å². The van der Waals surface area contributed by atoms with Crippen LogP contribution in [0.3, 0.4) is 0 Å². The molecule has 1 unspecified atom stereocenters. The van der Waals surface area contributed by atoms with E-state index in [4.69, 9.17) is 11.6 Å². The van der Waals surface area contributed by atoms with Gasteiger partial charge in [-0.05, 0) is 23.3 Å². The molecule has 1 amide bonds. The first-order valence-corrected chi connectivity index (χ1v) is 10.7. The number of carbonyl (C=O) groups is 1. The molecule has 0 saturated carbocycles. The van der Waals surface area contributed by atoms with Gasteiger partial charge in [0.15, 0.2) is 5.13 Å². The lowest BCUT2D eigenvalue weighted by Gasteiger charge is -2.19. The normalized spacial score (nSPS) is 15.9. The quantitative estimate of drug-likeness (QED) is 0.540. The van der Waals surface area contributed by atoms with Crippen LogP contribution in [0.2, 0.25) is 5.15 Å². The van der Waals surface area contributed by atoms with Crippen molar-refractivity contribution in [1.29, 1.82) is 0 Å². The van der Waals surface area contributed by atoms with Crippen LogP contribution in [0.5, 0.6) is 0 Å². The number of carbonyl (C=O) groups excluding carboxylic acids is 1. The first kappa shape index (κ1) is 20.5. The number of halogens is 2. The van der Waals surface area contributed by atoms with E-state index in [0.717, 1.165) is 21.3 Å². The molecule has 2 heterocycles. The number of hydrazone groups is 1. The fourth-order valence-corrected chi connectivity index (χ4v) is 4.79. The van der Waals surface area contributed by atoms with E-state index in [-0.39, 0.29) is 17.8 Å². The standard InChI is InChI=1S/C22H20ClFN4OS/c1-14(29)28-19(12-18(26-28)16-8-10-17(24)11-9-16)20-21(23)25-22(30-20)27(2)13-15-6-4-3-5-7-15/h3-11,19H,12-13H2,1-2H3. The highest BCUT2D eigenvalue weighted by Gasteiger charge is 2.35. The molecule has 0 aliphatic carbocycles. The second kappa shape index (κ2) is 8.53. The Bertz CT molecular complexity index is 1080. The van der Waals surface area contributed by atoms with Gasteiger partial charge < -0.3 is 4.90 Å².